The van der Waals surface area contributed by atoms with E-state index in [4.69, 9.17) is 0 Å². The molecule has 3 aliphatic rings. The molecule has 200 valence electrons. The fourth-order valence-electron chi connectivity index (χ4n) is 6.06. The van der Waals surface area contributed by atoms with Crippen molar-refractivity contribution in [1.29, 1.82) is 0 Å². The van der Waals surface area contributed by atoms with E-state index in [0.717, 1.165) is 49.1 Å². The number of anilines is 3. The van der Waals surface area contributed by atoms with Gasteiger partial charge in [-0.05, 0) is 68.1 Å². The van der Waals surface area contributed by atoms with Gasteiger partial charge in [-0.25, -0.2) is 15.0 Å². The standard InChI is InChI=1S/C27H29F3N6OS/c1-17(25-31-9-13-38-25)18-5-10-34(11-6-18)21-15-24(37)36(16-21)20-2-3-22-19(14-20)7-12-35(22)23-4-8-32-26(33-23)27(28,29)30/h2-4,8-9,13-14,17-18,21H,5-7,10-12,15-16H2,1H3. The molecular weight excluding hydrogens is 513 g/mol. The van der Waals surface area contributed by atoms with E-state index < -0.39 is 12.0 Å². The van der Waals surface area contributed by atoms with E-state index in [1.54, 1.807) is 16.2 Å². The Labute approximate surface area is 223 Å². The first-order valence-electron chi connectivity index (χ1n) is 13.0. The number of likely N-dealkylation sites (tertiary alicyclic amines) is 1. The second-order valence-electron chi connectivity index (χ2n) is 10.3. The van der Waals surface area contributed by atoms with Gasteiger partial charge in [-0.15, -0.1) is 11.3 Å². The highest BCUT2D eigenvalue weighted by molar-refractivity contribution is 7.09. The van der Waals surface area contributed by atoms with Crippen LogP contribution in [-0.2, 0) is 17.4 Å². The first-order chi connectivity index (χ1) is 18.3. The monoisotopic (exact) mass is 542 g/mol. The summed E-state index contributed by atoms with van der Waals surface area (Å²) in [5, 5.41) is 3.25. The molecule has 0 bridgehead atoms. The van der Waals surface area contributed by atoms with Crippen molar-refractivity contribution in [3.8, 4) is 0 Å². The van der Waals surface area contributed by atoms with Crippen LogP contribution in [0.15, 0.2) is 42.0 Å². The number of fused-ring (bicyclic) bond motifs is 1. The lowest BCUT2D eigenvalue weighted by Crippen LogP contribution is -2.43. The number of alkyl halides is 3. The lowest BCUT2D eigenvalue weighted by atomic mass is 9.85. The van der Waals surface area contributed by atoms with Gasteiger partial charge in [0.15, 0.2) is 0 Å². The lowest BCUT2D eigenvalue weighted by molar-refractivity contribution is -0.144. The van der Waals surface area contributed by atoms with E-state index >= 15 is 0 Å². The molecule has 7 nitrogen and oxygen atoms in total. The molecular formula is C27H29F3N6OS. The Bertz CT molecular complexity index is 1310. The van der Waals surface area contributed by atoms with Crippen LogP contribution < -0.4 is 9.80 Å². The summed E-state index contributed by atoms with van der Waals surface area (Å²) in [5.41, 5.74) is 2.67. The third-order valence-corrected chi connectivity index (χ3v) is 9.16. The van der Waals surface area contributed by atoms with Crippen LogP contribution in [0.2, 0.25) is 0 Å². The molecule has 0 aliphatic carbocycles. The van der Waals surface area contributed by atoms with E-state index in [9.17, 15) is 18.0 Å². The third-order valence-electron chi connectivity index (χ3n) is 8.18. The van der Waals surface area contributed by atoms with E-state index in [-0.39, 0.29) is 17.8 Å². The molecule has 6 rings (SSSR count). The predicted molar refractivity (Wildman–Crippen MR) is 140 cm³/mol. The van der Waals surface area contributed by atoms with Crippen molar-refractivity contribution in [2.45, 2.75) is 50.7 Å². The minimum atomic E-state index is -4.59. The molecule has 3 aliphatic heterocycles. The van der Waals surface area contributed by atoms with Crippen molar-refractivity contribution >= 4 is 34.4 Å². The Hall–Kier alpha value is -3.05. The molecule has 2 aromatic heterocycles. The smallest absolute Gasteiger partial charge is 0.326 e. The molecule has 38 heavy (non-hydrogen) atoms. The zero-order chi connectivity index (χ0) is 26.4. The number of benzene rings is 1. The maximum atomic E-state index is 13.1. The van der Waals surface area contributed by atoms with Crippen LogP contribution in [0.25, 0.3) is 0 Å². The summed E-state index contributed by atoms with van der Waals surface area (Å²) in [6, 6.07) is 7.48. The number of piperidine rings is 1. The highest BCUT2D eigenvalue weighted by Crippen LogP contribution is 2.39. The van der Waals surface area contributed by atoms with E-state index in [1.807, 2.05) is 34.7 Å². The van der Waals surface area contributed by atoms with Crippen LogP contribution in [0.4, 0.5) is 30.4 Å². The fraction of sp³-hybridized carbons (Fsp3) is 0.481. The second kappa shape index (κ2) is 9.92. The number of amides is 1. The van der Waals surface area contributed by atoms with Crippen molar-refractivity contribution in [2.75, 3.05) is 36.0 Å². The van der Waals surface area contributed by atoms with Crippen LogP contribution in [0, 0.1) is 5.92 Å². The van der Waals surface area contributed by atoms with Gasteiger partial charge in [0.1, 0.15) is 5.82 Å². The maximum Gasteiger partial charge on any atom is 0.451 e. The Morgan fingerprint density at radius 1 is 1.05 bits per heavy atom. The number of hydrogen-bond donors (Lipinski definition) is 0. The summed E-state index contributed by atoms with van der Waals surface area (Å²) in [4.78, 5) is 30.8. The van der Waals surface area contributed by atoms with Crippen LogP contribution in [0.5, 0.6) is 0 Å². The molecule has 1 amide bonds. The van der Waals surface area contributed by atoms with Gasteiger partial charge in [0, 0.05) is 60.6 Å². The minimum absolute atomic E-state index is 0.119. The summed E-state index contributed by atoms with van der Waals surface area (Å²) in [7, 11) is 0. The molecule has 5 heterocycles. The SMILES string of the molecule is CC(c1nccs1)C1CCN(C2CC(=O)N(c3ccc4c(c3)CCN4c3ccnc(C(F)(F)F)n3)C2)CC1. The van der Waals surface area contributed by atoms with Gasteiger partial charge in [-0.2, -0.15) is 13.2 Å². The molecule has 0 spiro atoms. The molecule has 1 aromatic carbocycles. The predicted octanol–water partition coefficient (Wildman–Crippen LogP) is 5.27. The van der Waals surface area contributed by atoms with Crippen molar-refractivity contribution in [3.63, 3.8) is 0 Å². The maximum absolute atomic E-state index is 13.1. The van der Waals surface area contributed by atoms with Crippen molar-refractivity contribution in [2.24, 2.45) is 5.92 Å². The van der Waals surface area contributed by atoms with Crippen LogP contribution in [-0.4, -0.2) is 58.0 Å². The molecule has 2 unspecified atom stereocenters. The molecule has 2 saturated heterocycles. The zero-order valence-electron chi connectivity index (χ0n) is 21.1. The van der Waals surface area contributed by atoms with Gasteiger partial charge in [0.05, 0.1) is 5.01 Å². The summed E-state index contributed by atoms with van der Waals surface area (Å²) in [5.74, 6) is 0.285. The van der Waals surface area contributed by atoms with Crippen molar-refractivity contribution < 1.29 is 18.0 Å². The first-order valence-corrected chi connectivity index (χ1v) is 13.9. The Morgan fingerprint density at radius 2 is 1.87 bits per heavy atom. The van der Waals surface area contributed by atoms with Crippen LogP contribution in [0.1, 0.15) is 48.5 Å². The third kappa shape index (κ3) is 4.77. The number of hydrogen-bond acceptors (Lipinski definition) is 7. The second-order valence-corrected chi connectivity index (χ2v) is 11.3. The normalized spacial score (nSPS) is 21.8. The van der Waals surface area contributed by atoms with Crippen LogP contribution in [0.3, 0.4) is 0 Å². The Kier molecular flexibility index (Phi) is 6.59. The molecule has 2 fully saturated rings. The van der Waals surface area contributed by atoms with E-state index in [1.165, 1.54) is 11.1 Å². The number of carbonyl (C=O) groups excluding carboxylic acids is 1. The summed E-state index contributed by atoms with van der Waals surface area (Å²) in [6.07, 6.45) is 1.83. The topological polar surface area (TPSA) is 65.5 Å². The Morgan fingerprint density at radius 3 is 2.61 bits per heavy atom. The number of carbonyl (C=O) groups is 1. The minimum Gasteiger partial charge on any atom is -0.326 e. The summed E-state index contributed by atoms with van der Waals surface area (Å²) in [6.45, 7) is 5.44. The van der Waals surface area contributed by atoms with Gasteiger partial charge < -0.3 is 9.80 Å². The van der Waals surface area contributed by atoms with Gasteiger partial charge in [-0.1, -0.05) is 6.92 Å². The van der Waals surface area contributed by atoms with Crippen LogP contribution >= 0.6 is 11.3 Å². The van der Waals surface area contributed by atoms with Gasteiger partial charge in [0.2, 0.25) is 11.7 Å². The molecule has 11 heteroatoms. The van der Waals surface area contributed by atoms with Gasteiger partial charge >= 0.3 is 6.18 Å². The zero-order valence-corrected chi connectivity index (χ0v) is 21.9. The number of nitrogens with zero attached hydrogens (tertiary/aromatic N) is 6. The molecule has 0 radical (unpaired) electrons. The first kappa shape index (κ1) is 25.2. The van der Waals surface area contributed by atoms with Gasteiger partial charge in [0.25, 0.3) is 0 Å². The average Bonchev–Trinajstić information content (AvgIpc) is 3.68. The number of rotatable bonds is 5. The van der Waals surface area contributed by atoms with E-state index in [2.05, 4.69) is 26.8 Å². The largest absolute Gasteiger partial charge is 0.451 e. The number of aromatic nitrogens is 3. The van der Waals surface area contributed by atoms with Crippen molar-refractivity contribution in [1.82, 2.24) is 19.9 Å². The number of halogens is 3. The van der Waals surface area contributed by atoms with E-state index in [0.29, 0.717) is 37.8 Å². The molecule has 0 saturated carbocycles. The van der Waals surface area contributed by atoms with Gasteiger partial charge in [-0.3, -0.25) is 9.69 Å². The average molecular weight is 543 g/mol. The van der Waals surface area contributed by atoms with Crippen molar-refractivity contribution in [3.05, 3.63) is 58.4 Å². The quantitative estimate of drug-likeness (QED) is 0.438. The Balaban J connectivity index is 1.11. The highest BCUT2D eigenvalue weighted by atomic mass is 32.1. The highest BCUT2D eigenvalue weighted by Gasteiger charge is 2.38. The lowest BCUT2D eigenvalue weighted by Gasteiger charge is -2.37. The molecule has 0 N–H and O–H groups in total. The number of thiazole rings is 1. The molecule has 3 aromatic rings. The summed E-state index contributed by atoms with van der Waals surface area (Å²) < 4.78 is 39.3. The molecule has 2 atom stereocenters. The summed E-state index contributed by atoms with van der Waals surface area (Å²) >= 11 is 1.73. The fourth-order valence-corrected chi connectivity index (χ4v) is 6.85.